The van der Waals surface area contributed by atoms with E-state index in [-0.39, 0.29) is 0 Å². The van der Waals surface area contributed by atoms with Gasteiger partial charge in [-0.3, -0.25) is 4.99 Å². The SMILES string of the molecule is C1=CC2CNC3=CC=NCC3C2C=C1. The van der Waals surface area contributed by atoms with Crippen molar-refractivity contribution < 1.29 is 0 Å². The van der Waals surface area contributed by atoms with Gasteiger partial charge in [0, 0.05) is 36.8 Å². The van der Waals surface area contributed by atoms with Crippen LogP contribution in [-0.2, 0) is 0 Å². The molecule has 0 aromatic rings. The summed E-state index contributed by atoms with van der Waals surface area (Å²) in [7, 11) is 0. The Bertz CT molecular complexity index is 349. The molecule has 2 heterocycles. The van der Waals surface area contributed by atoms with E-state index in [0.717, 1.165) is 13.1 Å². The summed E-state index contributed by atoms with van der Waals surface area (Å²) in [6.45, 7) is 2.01. The molecule has 2 heteroatoms. The average Bonchev–Trinajstić information content (AvgIpc) is 2.29. The predicted octanol–water partition coefficient (Wildman–Crippen LogP) is 1.53. The molecule has 72 valence electrons. The van der Waals surface area contributed by atoms with Crippen LogP contribution >= 0.6 is 0 Å². The van der Waals surface area contributed by atoms with Crippen molar-refractivity contribution in [2.45, 2.75) is 0 Å². The highest BCUT2D eigenvalue weighted by molar-refractivity contribution is 5.73. The molecule has 0 aromatic carbocycles. The van der Waals surface area contributed by atoms with Gasteiger partial charge in [0.1, 0.15) is 0 Å². The van der Waals surface area contributed by atoms with Gasteiger partial charge in [0.25, 0.3) is 0 Å². The molecule has 0 spiro atoms. The van der Waals surface area contributed by atoms with Crippen molar-refractivity contribution >= 4 is 6.21 Å². The highest BCUT2D eigenvalue weighted by Gasteiger charge is 2.34. The minimum Gasteiger partial charge on any atom is -0.387 e. The first-order valence-electron chi connectivity index (χ1n) is 5.24. The van der Waals surface area contributed by atoms with Crippen LogP contribution in [0.2, 0.25) is 0 Å². The maximum atomic E-state index is 4.35. The van der Waals surface area contributed by atoms with Crippen LogP contribution in [0.25, 0.3) is 0 Å². The lowest BCUT2D eigenvalue weighted by molar-refractivity contribution is 0.296. The Morgan fingerprint density at radius 3 is 3.21 bits per heavy atom. The predicted molar refractivity (Wildman–Crippen MR) is 58.2 cm³/mol. The van der Waals surface area contributed by atoms with Crippen LogP contribution in [0.15, 0.2) is 41.1 Å². The third-order valence-electron chi connectivity index (χ3n) is 3.36. The molecule has 2 nitrogen and oxygen atoms in total. The molecule has 0 radical (unpaired) electrons. The van der Waals surface area contributed by atoms with Crippen LogP contribution in [0.3, 0.4) is 0 Å². The summed E-state index contributed by atoms with van der Waals surface area (Å²) in [6, 6.07) is 0. The van der Waals surface area contributed by atoms with E-state index in [0.29, 0.717) is 17.8 Å². The van der Waals surface area contributed by atoms with E-state index in [4.69, 9.17) is 0 Å². The monoisotopic (exact) mass is 186 g/mol. The fraction of sp³-hybridized carbons (Fsp3) is 0.417. The van der Waals surface area contributed by atoms with Crippen molar-refractivity contribution in [3.8, 4) is 0 Å². The van der Waals surface area contributed by atoms with Crippen molar-refractivity contribution in [1.29, 1.82) is 0 Å². The number of nitrogens with one attached hydrogen (secondary N) is 1. The zero-order valence-corrected chi connectivity index (χ0v) is 8.06. The van der Waals surface area contributed by atoms with Gasteiger partial charge in [-0.25, -0.2) is 0 Å². The van der Waals surface area contributed by atoms with Gasteiger partial charge in [0.05, 0.1) is 0 Å². The first kappa shape index (κ1) is 8.04. The van der Waals surface area contributed by atoms with E-state index < -0.39 is 0 Å². The zero-order valence-electron chi connectivity index (χ0n) is 8.06. The summed E-state index contributed by atoms with van der Waals surface area (Å²) in [5.41, 5.74) is 1.38. The number of hydrogen-bond acceptors (Lipinski definition) is 2. The molecule has 3 atom stereocenters. The minimum absolute atomic E-state index is 0.583. The second kappa shape index (κ2) is 3.12. The molecule has 1 N–H and O–H groups in total. The molecule has 0 aromatic heterocycles. The summed E-state index contributed by atoms with van der Waals surface area (Å²) in [5, 5.41) is 3.50. The van der Waals surface area contributed by atoms with Gasteiger partial charge in [-0.15, -0.1) is 0 Å². The van der Waals surface area contributed by atoms with Crippen LogP contribution in [0.4, 0.5) is 0 Å². The molecule has 0 bridgehead atoms. The fourth-order valence-electron chi connectivity index (χ4n) is 2.59. The Balaban J connectivity index is 1.92. The molecule has 2 aliphatic heterocycles. The van der Waals surface area contributed by atoms with Crippen molar-refractivity contribution in [3.05, 3.63) is 36.1 Å². The lowest BCUT2D eigenvalue weighted by Gasteiger charge is -2.39. The second-order valence-corrected chi connectivity index (χ2v) is 4.13. The molecule has 1 aliphatic carbocycles. The number of dihydropyridines is 1. The number of allylic oxidation sites excluding steroid dienone is 4. The third-order valence-corrected chi connectivity index (χ3v) is 3.36. The topological polar surface area (TPSA) is 24.4 Å². The van der Waals surface area contributed by atoms with Crippen LogP contribution in [0, 0.1) is 17.8 Å². The largest absolute Gasteiger partial charge is 0.387 e. The Morgan fingerprint density at radius 2 is 2.21 bits per heavy atom. The number of piperidine rings is 1. The Morgan fingerprint density at radius 1 is 1.29 bits per heavy atom. The van der Waals surface area contributed by atoms with Crippen molar-refractivity contribution in [1.82, 2.24) is 5.32 Å². The molecule has 0 amide bonds. The van der Waals surface area contributed by atoms with E-state index in [1.54, 1.807) is 0 Å². The highest BCUT2D eigenvalue weighted by Crippen LogP contribution is 2.35. The van der Waals surface area contributed by atoms with Gasteiger partial charge in [-0.05, 0) is 12.0 Å². The Labute approximate surface area is 84.1 Å². The quantitative estimate of drug-likeness (QED) is 0.609. The number of aliphatic imine (C=N–C) groups is 1. The number of rotatable bonds is 0. The summed E-state index contributed by atoms with van der Waals surface area (Å²) in [5.74, 6) is 1.90. The number of nitrogens with zero attached hydrogens (tertiary/aromatic N) is 1. The Kier molecular flexibility index (Phi) is 1.79. The summed E-state index contributed by atoms with van der Waals surface area (Å²) < 4.78 is 0. The molecular formula is C12H14N2. The summed E-state index contributed by atoms with van der Waals surface area (Å²) in [6.07, 6.45) is 13.0. The maximum absolute atomic E-state index is 4.35. The minimum atomic E-state index is 0.583. The fourth-order valence-corrected chi connectivity index (χ4v) is 2.59. The second-order valence-electron chi connectivity index (χ2n) is 4.13. The van der Waals surface area contributed by atoms with E-state index in [9.17, 15) is 0 Å². The van der Waals surface area contributed by atoms with Gasteiger partial charge in [0.15, 0.2) is 0 Å². The Hall–Kier alpha value is -1.31. The van der Waals surface area contributed by atoms with Crippen molar-refractivity contribution in [2.24, 2.45) is 22.7 Å². The van der Waals surface area contributed by atoms with Gasteiger partial charge in [-0.1, -0.05) is 24.3 Å². The average molecular weight is 186 g/mol. The molecule has 0 saturated carbocycles. The van der Waals surface area contributed by atoms with E-state index in [1.165, 1.54) is 5.70 Å². The molecule has 1 fully saturated rings. The van der Waals surface area contributed by atoms with Crippen LogP contribution in [0.1, 0.15) is 0 Å². The van der Waals surface area contributed by atoms with Crippen LogP contribution in [-0.4, -0.2) is 19.3 Å². The van der Waals surface area contributed by atoms with E-state index in [2.05, 4.69) is 40.7 Å². The van der Waals surface area contributed by atoms with E-state index in [1.807, 2.05) is 6.21 Å². The lowest BCUT2D eigenvalue weighted by atomic mass is 9.74. The highest BCUT2D eigenvalue weighted by atomic mass is 14.9. The molecule has 3 rings (SSSR count). The number of fused-ring (bicyclic) bond motifs is 3. The molecular weight excluding hydrogens is 172 g/mol. The first-order chi connectivity index (χ1) is 6.95. The molecule has 1 saturated heterocycles. The van der Waals surface area contributed by atoms with Gasteiger partial charge < -0.3 is 5.32 Å². The standard InChI is InChI=1S/C12H14N2/c1-2-4-10-9(3-1)7-14-12-5-6-13-8-11(10)12/h1-6,9-11,14H,7-8H2. The van der Waals surface area contributed by atoms with E-state index >= 15 is 0 Å². The summed E-state index contributed by atoms with van der Waals surface area (Å²) >= 11 is 0. The molecule has 3 unspecified atom stereocenters. The maximum Gasteiger partial charge on any atom is 0.0478 e. The van der Waals surface area contributed by atoms with Crippen molar-refractivity contribution in [2.75, 3.05) is 13.1 Å². The zero-order chi connectivity index (χ0) is 9.38. The summed E-state index contributed by atoms with van der Waals surface area (Å²) in [4.78, 5) is 4.35. The molecule has 3 aliphatic rings. The molecule has 14 heavy (non-hydrogen) atoms. The third kappa shape index (κ3) is 1.14. The van der Waals surface area contributed by atoms with Gasteiger partial charge in [-0.2, -0.15) is 0 Å². The van der Waals surface area contributed by atoms with Crippen LogP contribution in [0.5, 0.6) is 0 Å². The number of hydrogen-bond donors (Lipinski definition) is 1. The van der Waals surface area contributed by atoms with Crippen LogP contribution < -0.4 is 5.32 Å². The lowest BCUT2D eigenvalue weighted by Crippen LogP contribution is -2.43. The smallest absolute Gasteiger partial charge is 0.0478 e. The van der Waals surface area contributed by atoms with Gasteiger partial charge >= 0.3 is 0 Å². The normalized spacial score (nSPS) is 38.3. The van der Waals surface area contributed by atoms with Crippen molar-refractivity contribution in [3.63, 3.8) is 0 Å². The first-order valence-corrected chi connectivity index (χ1v) is 5.24. The van der Waals surface area contributed by atoms with Gasteiger partial charge in [0.2, 0.25) is 0 Å².